The number of aromatic nitrogens is 3. The highest BCUT2D eigenvalue weighted by Crippen LogP contribution is 2.40. The summed E-state index contributed by atoms with van der Waals surface area (Å²) in [4.78, 5) is 25.3. The zero-order chi connectivity index (χ0) is 20.5. The van der Waals surface area contributed by atoms with E-state index in [9.17, 15) is 4.79 Å². The third kappa shape index (κ3) is 3.89. The number of pyridine rings is 1. The Bertz CT molecular complexity index is 1230. The highest BCUT2D eigenvalue weighted by molar-refractivity contribution is 5.76. The van der Waals surface area contributed by atoms with Crippen LogP contribution >= 0.6 is 0 Å². The summed E-state index contributed by atoms with van der Waals surface area (Å²) in [6.07, 6.45) is 5.77. The minimum Gasteiger partial charge on any atom is -0.426 e. The number of ether oxygens (including phenoxy) is 1. The van der Waals surface area contributed by atoms with Gasteiger partial charge in [0.05, 0.1) is 17.1 Å². The molecule has 6 heteroatoms. The monoisotopic (exact) mass is 398 g/mol. The minimum atomic E-state index is -0.249. The number of rotatable bonds is 6. The zero-order valence-corrected chi connectivity index (χ0v) is 16.7. The van der Waals surface area contributed by atoms with Crippen LogP contribution in [0.25, 0.3) is 10.9 Å². The SMILES string of the molecule is CN(Cc1ccc(C2CC2)cc1)c1ccc(Oc2nc3cnccc3c(=O)[nH]2)cc1. The molecule has 1 aliphatic carbocycles. The van der Waals surface area contributed by atoms with Gasteiger partial charge in [-0.1, -0.05) is 24.3 Å². The Morgan fingerprint density at radius 3 is 2.57 bits per heavy atom. The van der Waals surface area contributed by atoms with Gasteiger partial charge in [-0.05, 0) is 60.2 Å². The van der Waals surface area contributed by atoms with Gasteiger partial charge in [-0.2, -0.15) is 4.98 Å². The van der Waals surface area contributed by atoms with Crippen LogP contribution in [0.2, 0.25) is 0 Å². The molecule has 2 heterocycles. The fourth-order valence-electron chi connectivity index (χ4n) is 3.57. The van der Waals surface area contributed by atoms with Crippen molar-refractivity contribution in [3.8, 4) is 11.8 Å². The van der Waals surface area contributed by atoms with E-state index in [1.165, 1.54) is 24.0 Å². The van der Waals surface area contributed by atoms with Gasteiger partial charge in [0.1, 0.15) is 5.75 Å². The topological polar surface area (TPSA) is 71.1 Å². The van der Waals surface area contributed by atoms with Crippen LogP contribution in [0.1, 0.15) is 29.9 Å². The average Bonchev–Trinajstić information content (AvgIpc) is 3.60. The van der Waals surface area contributed by atoms with Gasteiger partial charge in [-0.25, -0.2) is 0 Å². The van der Waals surface area contributed by atoms with Crippen LogP contribution in [-0.4, -0.2) is 22.0 Å². The van der Waals surface area contributed by atoms with Crippen LogP contribution in [0, 0.1) is 0 Å². The maximum Gasteiger partial charge on any atom is 0.302 e. The first-order valence-corrected chi connectivity index (χ1v) is 10.1. The van der Waals surface area contributed by atoms with Crippen molar-refractivity contribution >= 4 is 16.6 Å². The Morgan fingerprint density at radius 2 is 1.83 bits per heavy atom. The van der Waals surface area contributed by atoms with Crippen molar-refractivity contribution in [2.45, 2.75) is 25.3 Å². The normalized spacial score (nSPS) is 13.4. The van der Waals surface area contributed by atoms with Gasteiger partial charge in [-0.15, -0.1) is 0 Å². The molecule has 4 aromatic rings. The summed E-state index contributed by atoms with van der Waals surface area (Å²) >= 11 is 0. The zero-order valence-electron chi connectivity index (χ0n) is 16.7. The van der Waals surface area contributed by atoms with Crippen molar-refractivity contribution in [1.82, 2.24) is 15.0 Å². The van der Waals surface area contributed by atoms with Crippen molar-refractivity contribution in [3.05, 3.63) is 88.5 Å². The first-order valence-electron chi connectivity index (χ1n) is 10.1. The summed E-state index contributed by atoms with van der Waals surface area (Å²) < 4.78 is 5.75. The molecule has 2 aromatic carbocycles. The van der Waals surface area contributed by atoms with Crippen LogP contribution < -0.4 is 15.2 Å². The Balaban J connectivity index is 1.27. The number of benzene rings is 2. The van der Waals surface area contributed by atoms with Gasteiger partial charge in [0.25, 0.3) is 5.56 Å². The van der Waals surface area contributed by atoms with E-state index >= 15 is 0 Å². The van der Waals surface area contributed by atoms with Crippen molar-refractivity contribution in [3.63, 3.8) is 0 Å². The molecule has 1 saturated carbocycles. The van der Waals surface area contributed by atoms with E-state index < -0.39 is 0 Å². The lowest BCUT2D eigenvalue weighted by molar-refractivity contribution is 0.442. The third-order valence-corrected chi connectivity index (χ3v) is 5.43. The lowest BCUT2D eigenvalue weighted by atomic mass is 10.1. The van der Waals surface area contributed by atoms with Gasteiger partial charge in [0.15, 0.2) is 0 Å². The first-order chi connectivity index (χ1) is 14.7. The maximum absolute atomic E-state index is 12.2. The molecule has 0 spiro atoms. The summed E-state index contributed by atoms with van der Waals surface area (Å²) in [5, 5.41) is 0.486. The Hall–Kier alpha value is -3.67. The van der Waals surface area contributed by atoms with Crippen LogP contribution in [-0.2, 0) is 6.54 Å². The molecule has 0 radical (unpaired) electrons. The van der Waals surface area contributed by atoms with Gasteiger partial charge >= 0.3 is 6.01 Å². The molecule has 0 unspecified atom stereocenters. The molecule has 5 rings (SSSR count). The predicted octanol–water partition coefficient (Wildman–Crippen LogP) is 4.62. The van der Waals surface area contributed by atoms with E-state index in [1.807, 2.05) is 24.3 Å². The number of H-pyrrole nitrogens is 1. The number of fused-ring (bicyclic) bond motifs is 1. The molecule has 1 fully saturated rings. The molecule has 0 saturated heterocycles. The number of hydrogen-bond donors (Lipinski definition) is 1. The second-order valence-corrected chi connectivity index (χ2v) is 7.73. The number of aromatic amines is 1. The number of anilines is 1. The Morgan fingerprint density at radius 1 is 1.07 bits per heavy atom. The summed E-state index contributed by atoms with van der Waals surface area (Å²) in [7, 11) is 2.07. The van der Waals surface area contributed by atoms with Gasteiger partial charge < -0.3 is 9.64 Å². The molecule has 0 aliphatic heterocycles. The standard InChI is InChI=1S/C24H22N4O2/c1-28(15-16-2-4-17(5-3-16)18-6-7-18)19-8-10-20(11-9-19)30-24-26-22-14-25-13-12-21(22)23(29)27-24/h2-5,8-14,18H,6-7,15H2,1H3,(H,26,27,29). The van der Waals surface area contributed by atoms with Crippen LogP contribution in [0.15, 0.2) is 71.8 Å². The molecule has 2 aromatic heterocycles. The fourth-order valence-corrected chi connectivity index (χ4v) is 3.57. The predicted molar refractivity (Wildman–Crippen MR) is 117 cm³/mol. The molecular weight excluding hydrogens is 376 g/mol. The van der Waals surface area contributed by atoms with E-state index in [0.29, 0.717) is 16.7 Å². The number of nitrogens with zero attached hydrogens (tertiary/aromatic N) is 3. The van der Waals surface area contributed by atoms with Crippen molar-refractivity contribution in [2.75, 3.05) is 11.9 Å². The quantitative estimate of drug-likeness (QED) is 0.513. The highest BCUT2D eigenvalue weighted by atomic mass is 16.5. The lowest BCUT2D eigenvalue weighted by Gasteiger charge is -2.20. The smallest absolute Gasteiger partial charge is 0.302 e. The summed E-state index contributed by atoms with van der Waals surface area (Å²) in [6, 6.07) is 18.5. The molecule has 0 atom stereocenters. The molecule has 150 valence electrons. The van der Waals surface area contributed by atoms with E-state index in [-0.39, 0.29) is 11.6 Å². The van der Waals surface area contributed by atoms with Crippen LogP contribution in [0.4, 0.5) is 5.69 Å². The van der Waals surface area contributed by atoms with E-state index in [0.717, 1.165) is 18.2 Å². The maximum atomic E-state index is 12.2. The number of nitrogens with one attached hydrogen (secondary N) is 1. The third-order valence-electron chi connectivity index (χ3n) is 5.43. The second-order valence-electron chi connectivity index (χ2n) is 7.73. The van der Waals surface area contributed by atoms with Crippen molar-refractivity contribution in [1.29, 1.82) is 0 Å². The molecular formula is C24H22N4O2. The molecule has 30 heavy (non-hydrogen) atoms. The van der Waals surface area contributed by atoms with Crippen molar-refractivity contribution in [2.24, 2.45) is 0 Å². The molecule has 0 bridgehead atoms. The van der Waals surface area contributed by atoms with E-state index in [4.69, 9.17) is 4.74 Å². The van der Waals surface area contributed by atoms with E-state index in [1.54, 1.807) is 18.5 Å². The Labute approximate surface area is 174 Å². The molecule has 1 N–H and O–H groups in total. The second kappa shape index (κ2) is 7.63. The summed E-state index contributed by atoms with van der Waals surface area (Å²) in [6.45, 7) is 0.831. The molecule has 1 aliphatic rings. The minimum absolute atomic E-state index is 0.150. The van der Waals surface area contributed by atoms with Gasteiger partial charge in [-0.3, -0.25) is 14.8 Å². The lowest BCUT2D eigenvalue weighted by Crippen LogP contribution is -2.16. The summed E-state index contributed by atoms with van der Waals surface area (Å²) in [5.41, 5.74) is 4.08. The largest absolute Gasteiger partial charge is 0.426 e. The first kappa shape index (κ1) is 18.4. The summed E-state index contributed by atoms with van der Waals surface area (Å²) in [5.74, 6) is 1.39. The Kier molecular flexibility index (Phi) is 4.67. The average molecular weight is 398 g/mol. The highest BCUT2D eigenvalue weighted by Gasteiger charge is 2.22. The van der Waals surface area contributed by atoms with Gasteiger partial charge in [0, 0.05) is 25.5 Å². The van der Waals surface area contributed by atoms with Crippen LogP contribution in [0.5, 0.6) is 11.8 Å². The fraction of sp³-hybridized carbons (Fsp3) is 0.208. The van der Waals surface area contributed by atoms with Gasteiger partial charge in [0.2, 0.25) is 0 Å². The van der Waals surface area contributed by atoms with Crippen LogP contribution in [0.3, 0.4) is 0 Å². The number of hydrogen-bond acceptors (Lipinski definition) is 5. The van der Waals surface area contributed by atoms with E-state index in [2.05, 4.69) is 51.2 Å². The molecule has 6 nitrogen and oxygen atoms in total. The van der Waals surface area contributed by atoms with Crippen molar-refractivity contribution < 1.29 is 4.74 Å². The molecule has 0 amide bonds.